The Labute approximate surface area is 109 Å². The van der Waals surface area contributed by atoms with Crippen LogP contribution in [0.25, 0.3) is 0 Å². The Morgan fingerprint density at radius 1 is 1.44 bits per heavy atom. The van der Waals surface area contributed by atoms with Crippen molar-refractivity contribution < 1.29 is 14.3 Å². The number of amides is 2. The molecule has 1 fully saturated rings. The summed E-state index contributed by atoms with van der Waals surface area (Å²) in [5.74, 6) is 0.552. The van der Waals surface area contributed by atoms with E-state index >= 15 is 0 Å². The number of likely N-dealkylation sites (tertiary alicyclic amines) is 1. The third-order valence-corrected chi connectivity index (χ3v) is 2.95. The highest BCUT2D eigenvalue weighted by Gasteiger charge is 2.25. The average Bonchev–Trinajstić information content (AvgIpc) is 2.28. The molecule has 18 heavy (non-hydrogen) atoms. The molecule has 0 unspecified atom stereocenters. The molecule has 1 heterocycles. The number of nitrogens with zero attached hydrogens (tertiary/aromatic N) is 1. The van der Waals surface area contributed by atoms with Gasteiger partial charge in [0, 0.05) is 25.6 Å². The zero-order valence-electron chi connectivity index (χ0n) is 11.6. The zero-order valence-corrected chi connectivity index (χ0v) is 11.6. The van der Waals surface area contributed by atoms with Gasteiger partial charge in [-0.1, -0.05) is 13.8 Å². The smallest absolute Gasteiger partial charge is 0.407 e. The Bertz CT molecular complexity index is 292. The van der Waals surface area contributed by atoms with Gasteiger partial charge in [-0.3, -0.25) is 4.79 Å². The van der Waals surface area contributed by atoms with Gasteiger partial charge >= 0.3 is 6.09 Å². The van der Waals surface area contributed by atoms with E-state index in [1.165, 1.54) is 0 Å². The van der Waals surface area contributed by atoms with E-state index in [1.807, 2.05) is 18.7 Å². The van der Waals surface area contributed by atoms with Gasteiger partial charge in [-0.05, 0) is 25.7 Å². The molecule has 0 spiro atoms. The largest absolute Gasteiger partial charge is 0.450 e. The van der Waals surface area contributed by atoms with Gasteiger partial charge in [0.25, 0.3) is 0 Å². The summed E-state index contributed by atoms with van der Waals surface area (Å²) in [6, 6.07) is 0.0221. The lowest BCUT2D eigenvalue weighted by Gasteiger charge is -2.33. The molecule has 1 atom stereocenters. The average molecular weight is 256 g/mol. The summed E-state index contributed by atoms with van der Waals surface area (Å²) >= 11 is 0. The van der Waals surface area contributed by atoms with Gasteiger partial charge in [0.05, 0.1) is 6.61 Å². The molecule has 0 aromatic carbocycles. The maximum absolute atomic E-state index is 11.9. The predicted molar refractivity (Wildman–Crippen MR) is 69.2 cm³/mol. The van der Waals surface area contributed by atoms with Crippen LogP contribution in [0, 0.1) is 5.92 Å². The van der Waals surface area contributed by atoms with Gasteiger partial charge < -0.3 is 15.0 Å². The van der Waals surface area contributed by atoms with Crippen molar-refractivity contribution >= 4 is 12.0 Å². The molecule has 5 heteroatoms. The second-order valence-electron chi connectivity index (χ2n) is 5.14. The molecule has 0 radical (unpaired) electrons. The maximum atomic E-state index is 11.9. The van der Waals surface area contributed by atoms with Crippen molar-refractivity contribution in [3.8, 4) is 0 Å². The predicted octanol–water partition coefficient (Wildman–Crippen LogP) is 1.77. The third-order valence-electron chi connectivity index (χ3n) is 2.95. The number of nitrogens with one attached hydrogen (secondary N) is 1. The normalized spacial score (nSPS) is 19.8. The monoisotopic (exact) mass is 256 g/mol. The fourth-order valence-electron chi connectivity index (χ4n) is 2.14. The maximum Gasteiger partial charge on any atom is 0.407 e. The lowest BCUT2D eigenvalue weighted by atomic mass is 10.0. The van der Waals surface area contributed by atoms with Crippen LogP contribution in [0.4, 0.5) is 4.79 Å². The summed E-state index contributed by atoms with van der Waals surface area (Å²) in [6.07, 6.45) is 2.03. The van der Waals surface area contributed by atoms with E-state index < -0.39 is 0 Å². The van der Waals surface area contributed by atoms with Crippen molar-refractivity contribution in [2.75, 3.05) is 19.7 Å². The van der Waals surface area contributed by atoms with Gasteiger partial charge in [-0.2, -0.15) is 0 Å². The molecule has 1 aliphatic rings. The number of hydrogen-bond acceptors (Lipinski definition) is 3. The van der Waals surface area contributed by atoms with Crippen molar-refractivity contribution in [1.29, 1.82) is 0 Å². The highest BCUT2D eigenvalue weighted by Crippen LogP contribution is 2.13. The van der Waals surface area contributed by atoms with E-state index in [-0.39, 0.29) is 18.0 Å². The standard InChI is InChI=1S/C13H24N2O3/c1-4-18-13(17)14-11-6-5-7-15(9-11)12(16)8-10(2)3/h10-11H,4-9H2,1-3H3,(H,14,17)/t11-/m1/s1. The summed E-state index contributed by atoms with van der Waals surface area (Å²) in [6.45, 7) is 7.62. The molecule has 1 saturated heterocycles. The van der Waals surface area contributed by atoms with Crippen LogP contribution >= 0.6 is 0 Å². The Kier molecular flexibility index (Phi) is 5.95. The highest BCUT2D eigenvalue weighted by atomic mass is 16.5. The van der Waals surface area contributed by atoms with E-state index in [2.05, 4.69) is 5.32 Å². The molecule has 0 saturated carbocycles. The minimum Gasteiger partial charge on any atom is -0.450 e. The van der Waals surface area contributed by atoms with Crippen LogP contribution < -0.4 is 5.32 Å². The Morgan fingerprint density at radius 3 is 2.78 bits per heavy atom. The second-order valence-corrected chi connectivity index (χ2v) is 5.14. The molecule has 5 nitrogen and oxygen atoms in total. The van der Waals surface area contributed by atoms with Crippen LogP contribution in [0.15, 0.2) is 0 Å². The summed E-state index contributed by atoms with van der Waals surface area (Å²) in [7, 11) is 0. The topological polar surface area (TPSA) is 58.6 Å². The van der Waals surface area contributed by atoms with Gasteiger partial charge in [-0.15, -0.1) is 0 Å². The van der Waals surface area contributed by atoms with E-state index in [9.17, 15) is 9.59 Å². The lowest BCUT2D eigenvalue weighted by Crippen LogP contribution is -2.49. The summed E-state index contributed by atoms with van der Waals surface area (Å²) in [5.41, 5.74) is 0. The fourth-order valence-corrected chi connectivity index (χ4v) is 2.14. The van der Waals surface area contributed by atoms with Crippen LogP contribution in [0.1, 0.15) is 40.0 Å². The molecule has 0 aromatic heterocycles. The highest BCUT2D eigenvalue weighted by molar-refractivity contribution is 5.76. The van der Waals surface area contributed by atoms with E-state index in [4.69, 9.17) is 4.74 Å². The number of ether oxygens (including phenoxy) is 1. The van der Waals surface area contributed by atoms with Gasteiger partial charge in [0.1, 0.15) is 0 Å². The first-order valence-corrected chi connectivity index (χ1v) is 6.74. The molecule has 1 N–H and O–H groups in total. The van der Waals surface area contributed by atoms with E-state index in [1.54, 1.807) is 6.92 Å². The first-order valence-electron chi connectivity index (χ1n) is 6.74. The van der Waals surface area contributed by atoms with Crippen molar-refractivity contribution in [3.05, 3.63) is 0 Å². The van der Waals surface area contributed by atoms with Crippen LogP contribution in [-0.2, 0) is 9.53 Å². The Morgan fingerprint density at radius 2 is 2.17 bits per heavy atom. The first kappa shape index (κ1) is 14.8. The van der Waals surface area contributed by atoms with Crippen molar-refractivity contribution in [2.45, 2.75) is 46.1 Å². The molecule has 0 aliphatic carbocycles. The Hall–Kier alpha value is -1.26. The van der Waals surface area contributed by atoms with Crippen LogP contribution in [0.2, 0.25) is 0 Å². The number of carbonyl (C=O) groups is 2. The SMILES string of the molecule is CCOC(=O)N[C@@H]1CCCN(C(=O)CC(C)C)C1. The van der Waals surface area contributed by atoms with E-state index in [0.29, 0.717) is 25.5 Å². The number of hydrogen-bond donors (Lipinski definition) is 1. The molecular formula is C13H24N2O3. The van der Waals surface area contributed by atoms with Gasteiger partial charge in [0.15, 0.2) is 0 Å². The number of carbonyl (C=O) groups excluding carboxylic acids is 2. The molecule has 104 valence electrons. The molecule has 2 amide bonds. The molecular weight excluding hydrogens is 232 g/mol. The minimum absolute atomic E-state index is 0.0221. The van der Waals surface area contributed by atoms with Crippen LogP contribution in [-0.4, -0.2) is 42.6 Å². The van der Waals surface area contributed by atoms with Crippen molar-refractivity contribution in [3.63, 3.8) is 0 Å². The van der Waals surface area contributed by atoms with Gasteiger partial charge in [-0.25, -0.2) is 4.79 Å². The summed E-state index contributed by atoms with van der Waals surface area (Å²) in [5, 5.41) is 2.80. The zero-order chi connectivity index (χ0) is 13.5. The quantitative estimate of drug-likeness (QED) is 0.834. The van der Waals surface area contributed by atoms with Crippen LogP contribution in [0.5, 0.6) is 0 Å². The number of piperidine rings is 1. The number of rotatable bonds is 4. The summed E-state index contributed by atoms with van der Waals surface area (Å²) in [4.78, 5) is 25.1. The van der Waals surface area contributed by atoms with Gasteiger partial charge in [0.2, 0.25) is 5.91 Å². The third kappa shape index (κ3) is 4.94. The second kappa shape index (κ2) is 7.24. The molecule has 1 aliphatic heterocycles. The minimum atomic E-state index is -0.388. The number of alkyl carbamates (subject to hydrolysis) is 1. The first-order chi connectivity index (χ1) is 8.52. The fraction of sp³-hybridized carbons (Fsp3) is 0.846. The van der Waals surface area contributed by atoms with E-state index in [0.717, 1.165) is 19.4 Å². The molecule has 0 aromatic rings. The lowest BCUT2D eigenvalue weighted by molar-refractivity contribution is -0.133. The van der Waals surface area contributed by atoms with Crippen molar-refractivity contribution in [1.82, 2.24) is 10.2 Å². The van der Waals surface area contributed by atoms with Crippen LogP contribution in [0.3, 0.4) is 0 Å². The van der Waals surface area contributed by atoms with Crippen molar-refractivity contribution in [2.24, 2.45) is 5.92 Å². The Balaban J connectivity index is 2.40. The molecule has 1 rings (SSSR count). The molecule has 0 bridgehead atoms. The summed E-state index contributed by atoms with van der Waals surface area (Å²) < 4.78 is 4.85.